The summed E-state index contributed by atoms with van der Waals surface area (Å²) in [6.07, 6.45) is 3.95. The lowest BCUT2D eigenvalue weighted by atomic mass is 10.0. The minimum atomic E-state index is -0.346. The number of nitrogens with one attached hydrogen (secondary N) is 2. The van der Waals surface area contributed by atoms with E-state index in [9.17, 15) is 14.0 Å². The van der Waals surface area contributed by atoms with Gasteiger partial charge >= 0.3 is 6.03 Å². The minimum absolute atomic E-state index is 0.0774. The van der Waals surface area contributed by atoms with Crippen molar-refractivity contribution in [2.24, 2.45) is 0 Å². The molecule has 9 nitrogen and oxygen atoms in total. The zero-order valence-electron chi connectivity index (χ0n) is 22.3. The van der Waals surface area contributed by atoms with Gasteiger partial charge in [0.1, 0.15) is 11.5 Å². The number of halogens is 1. The number of urea groups is 1. The summed E-state index contributed by atoms with van der Waals surface area (Å²) >= 11 is 0. The van der Waals surface area contributed by atoms with Gasteiger partial charge in [0.2, 0.25) is 5.95 Å². The molecule has 0 spiro atoms. The highest BCUT2D eigenvalue weighted by molar-refractivity contribution is 5.89. The summed E-state index contributed by atoms with van der Waals surface area (Å²) in [6.45, 7) is 4.20. The van der Waals surface area contributed by atoms with E-state index in [-0.39, 0.29) is 29.5 Å². The predicted molar refractivity (Wildman–Crippen MR) is 152 cm³/mol. The molecule has 2 fully saturated rings. The molecule has 0 saturated carbocycles. The van der Waals surface area contributed by atoms with E-state index in [4.69, 9.17) is 9.72 Å². The lowest BCUT2D eigenvalue weighted by molar-refractivity contribution is 0.186. The third kappa shape index (κ3) is 5.27. The first-order chi connectivity index (χ1) is 19.5. The van der Waals surface area contributed by atoms with Crippen molar-refractivity contribution in [2.45, 2.75) is 38.3 Å². The summed E-state index contributed by atoms with van der Waals surface area (Å²) in [5.74, 6) is 0.110. The van der Waals surface area contributed by atoms with Crippen LogP contribution in [0.15, 0.2) is 65.6 Å². The molecule has 2 N–H and O–H groups in total. The minimum Gasteiger partial charge on any atom is -0.379 e. The number of hydrogen-bond donors (Lipinski definition) is 2. The van der Waals surface area contributed by atoms with Crippen molar-refractivity contribution in [3.63, 3.8) is 0 Å². The molecule has 4 aromatic rings. The molecule has 2 amide bonds. The van der Waals surface area contributed by atoms with Crippen molar-refractivity contribution in [1.82, 2.24) is 19.4 Å². The van der Waals surface area contributed by atoms with Crippen LogP contribution in [0, 0.1) is 12.7 Å². The molecule has 6 rings (SSSR count). The lowest BCUT2D eigenvalue weighted by Gasteiger charge is -2.32. The average molecular weight is 543 g/mol. The molecule has 10 heteroatoms. The van der Waals surface area contributed by atoms with Crippen LogP contribution in [0.2, 0.25) is 0 Å². The Kier molecular flexibility index (Phi) is 7.17. The lowest BCUT2D eigenvalue weighted by Crippen LogP contribution is -2.44. The van der Waals surface area contributed by atoms with E-state index in [0.29, 0.717) is 62.0 Å². The first-order valence-electron chi connectivity index (χ1n) is 13.6. The van der Waals surface area contributed by atoms with Gasteiger partial charge in [-0.25, -0.2) is 14.2 Å². The second-order valence-electron chi connectivity index (χ2n) is 10.4. The van der Waals surface area contributed by atoms with Crippen molar-refractivity contribution in [3.8, 4) is 11.1 Å². The number of likely N-dealkylation sites (tertiary alicyclic amines) is 1. The van der Waals surface area contributed by atoms with Gasteiger partial charge in [0.25, 0.3) is 5.56 Å². The molecule has 2 aromatic heterocycles. The van der Waals surface area contributed by atoms with E-state index < -0.39 is 0 Å². The second kappa shape index (κ2) is 11.1. The summed E-state index contributed by atoms with van der Waals surface area (Å²) in [4.78, 5) is 37.6. The summed E-state index contributed by atoms with van der Waals surface area (Å²) in [6, 6.07) is 15.3. The van der Waals surface area contributed by atoms with Gasteiger partial charge < -0.3 is 20.3 Å². The van der Waals surface area contributed by atoms with Gasteiger partial charge in [0.05, 0.1) is 12.6 Å². The third-order valence-electron chi connectivity index (χ3n) is 7.69. The van der Waals surface area contributed by atoms with Gasteiger partial charge in [-0.15, -0.1) is 0 Å². The average Bonchev–Trinajstić information content (AvgIpc) is 3.49. The van der Waals surface area contributed by atoms with Gasteiger partial charge in [0, 0.05) is 48.6 Å². The first-order valence-corrected chi connectivity index (χ1v) is 13.6. The Balaban J connectivity index is 1.21. The molecule has 1 atom stereocenters. The topological polar surface area (TPSA) is 101 Å². The van der Waals surface area contributed by atoms with Gasteiger partial charge in [-0.3, -0.25) is 9.36 Å². The highest BCUT2D eigenvalue weighted by Crippen LogP contribution is 2.28. The summed E-state index contributed by atoms with van der Waals surface area (Å²) < 4.78 is 20.6. The number of hydrogen-bond acceptors (Lipinski definition) is 6. The van der Waals surface area contributed by atoms with E-state index in [2.05, 4.69) is 15.6 Å². The molecule has 2 aliphatic rings. The predicted octanol–water partition coefficient (Wildman–Crippen LogP) is 4.98. The Morgan fingerprint density at radius 3 is 2.55 bits per heavy atom. The molecule has 206 valence electrons. The smallest absolute Gasteiger partial charge is 0.321 e. The fourth-order valence-corrected chi connectivity index (χ4v) is 5.47. The first kappa shape index (κ1) is 25.9. The molecular formula is C30H31FN6O3. The van der Waals surface area contributed by atoms with E-state index >= 15 is 0 Å². The summed E-state index contributed by atoms with van der Waals surface area (Å²) in [5, 5.41) is 7.02. The standard InChI is InChI=1S/C30H31FN6O3/c1-19-4-2-3-5-25(19)26-16-20-17-32-29(35-27(20)37(28(26)38)24-12-15-40-18-24)33-23-10-13-36(14-11-23)30(39)34-22-8-6-21(31)7-9-22/h2-9,16-17,23-24H,10-15,18H2,1H3,(H,34,39)(H,32,33,35). The van der Waals surface area contributed by atoms with Gasteiger partial charge in [-0.05, 0) is 67.6 Å². The number of carbonyl (C=O) groups excluding carboxylic acids is 1. The SMILES string of the molecule is Cc1ccccc1-c1cc2cnc(NC3CCN(C(=O)Nc4ccc(F)cc4)CC3)nc2n(C2CCOC2)c1=O. The Morgan fingerprint density at radius 2 is 1.82 bits per heavy atom. The van der Waals surface area contributed by atoms with E-state index in [1.165, 1.54) is 12.1 Å². The Morgan fingerprint density at radius 1 is 1.05 bits per heavy atom. The highest BCUT2D eigenvalue weighted by atomic mass is 19.1. The molecule has 0 radical (unpaired) electrons. The zero-order valence-corrected chi connectivity index (χ0v) is 22.3. The number of anilines is 2. The van der Waals surface area contributed by atoms with Crippen LogP contribution in [-0.2, 0) is 4.74 Å². The van der Waals surface area contributed by atoms with Crippen molar-refractivity contribution in [2.75, 3.05) is 36.9 Å². The molecular weight excluding hydrogens is 511 g/mol. The maximum atomic E-state index is 13.8. The van der Waals surface area contributed by atoms with E-state index in [1.54, 1.807) is 27.8 Å². The normalized spacial score (nSPS) is 17.8. The largest absolute Gasteiger partial charge is 0.379 e. The molecule has 1 unspecified atom stereocenters. The van der Waals surface area contributed by atoms with Crippen molar-refractivity contribution in [1.29, 1.82) is 0 Å². The van der Waals surface area contributed by atoms with Gasteiger partial charge in [0.15, 0.2) is 0 Å². The van der Waals surface area contributed by atoms with Crippen LogP contribution in [0.25, 0.3) is 22.2 Å². The van der Waals surface area contributed by atoms with Crippen LogP contribution in [0.4, 0.5) is 20.8 Å². The third-order valence-corrected chi connectivity index (χ3v) is 7.69. The number of fused-ring (bicyclic) bond motifs is 1. The number of aromatic nitrogens is 3. The quantitative estimate of drug-likeness (QED) is 0.369. The number of amides is 2. The Hall–Kier alpha value is -4.31. The fraction of sp³-hybridized carbons (Fsp3) is 0.333. The Labute approximate surface area is 231 Å². The zero-order chi connectivity index (χ0) is 27.6. The highest BCUT2D eigenvalue weighted by Gasteiger charge is 2.26. The molecule has 0 bridgehead atoms. The number of pyridine rings is 1. The molecule has 2 saturated heterocycles. The van der Waals surface area contributed by atoms with E-state index in [1.807, 2.05) is 37.3 Å². The van der Waals surface area contributed by atoms with Crippen LogP contribution in [0.3, 0.4) is 0 Å². The van der Waals surface area contributed by atoms with Crippen LogP contribution in [-0.4, -0.2) is 57.8 Å². The number of piperidine rings is 1. The number of nitrogens with zero attached hydrogens (tertiary/aromatic N) is 4. The van der Waals surface area contributed by atoms with Crippen LogP contribution >= 0.6 is 0 Å². The van der Waals surface area contributed by atoms with Crippen LogP contribution in [0.5, 0.6) is 0 Å². The number of carbonyl (C=O) groups is 1. The number of rotatable bonds is 5. The van der Waals surface area contributed by atoms with Gasteiger partial charge in [-0.1, -0.05) is 24.3 Å². The van der Waals surface area contributed by atoms with Crippen molar-refractivity contribution in [3.05, 3.63) is 82.5 Å². The number of aryl methyl sites for hydroxylation is 1. The van der Waals surface area contributed by atoms with Crippen LogP contribution < -0.4 is 16.2 Å². The Bertz CT molecular complexity index is 1590. The van der Waals surface area contributed by atoms with Gasteiger partial charge in [-0.2, -0.15) is 4.98 Å². The fourth-order valence-electron chi connectivity index (χ4n) is 5.47. The maximum absolute atomic E-state index is 13.8. The van der Waals surface area contributed by atoms with E-state index in [0.717, 1.165) is 22.9 Å². The van der Waals surface area contributed by atoms with Crippen molar-refractivity contribution >= 4 is 28.7 Å². The monoisotopic (exact) mass is 542 g/mol. The number of ether oxygens (including phenoxy) is 1. The number of benzene rings is 2. The summed E-state index contributed by atoms with van der Waals surface area (Å²) in [7, 11) is 0. The molecule has 4 heterocycles. The second-order valence-corrected chi connectivity index (χ2v) is 10.4. The molecule has 40 heavy (non-hydrogen) atoms. The molecule has 0 aliphatic carbocycles. The molecule has 2 aliphatic heterocycles. The summed E-state index contributed by atoms with van der Waals surface area (Å²) in [5.41, 5.74) is 3.63. The maximum Gasteiger partial charge on any atom is 0.321 e. The molecule has 2 aromatic carbocycles. The van der Waals surface area contributed by atoms with Crippen LogP contribution in [0.1, 0.15) is 30.9 Å². The van der Waals surface area contributed by atoms with Crippen molar-refractivity contribution < 1.29 is 13.9 Å².